The van der Waals surface area contributed by atoms with E-state index < -0.39 is 0 Å². The maximum absolute atomic E-state index is 6.39. The number of hydrogen-bond acceptors (Lipinski definition) is 1. The molecule has 0 saturated heterocycles. The number of fused-ring (bicyclic) bond motifs is 1. The van der Waals surface area contributed by atoms with Gasteiger partial charge in [-0.3, -0.25) is 0 Å². The number of aromatic nitrogens is 2. The molecule has 4 heteroatoms. The average molecular weight is 325 g/mol. The van der Waals surface area contributed by atoms with Gasteiger partial charge in [0.1, 0.15) is 5.82 Å². The van der Waals surface area contributed by atoms with Crippen LogP contribution in [0.1, 0.15) is 57.3 Å². The van der Waals surface area contributed by atoms with E-state index in [2.05, 4.69) is 18.4 Å². The van der Waals surface area contributed by atoms with Crippen LogP contribution in [0, 0.1) is 11.8 Å². The first-order valence-electron chi connectivity index (χ1n) is 7.78. The minimum Gasteiger partial charge on any atom is -0.324 e. The summed E-state index contributed by atoms with van der Waals surface area (Å²) in [4.78, 5) is 4.74. The number of hydrogen-bond donors (Lipinski definition) is 0. The van der Waals surface area contributed by atoms with Gasteiger partial charge >= 0.3 is 0 Å². The molecule has 1 aromatic carbocycles. The molecule has 1 aliphatic rings. The fourth-order valence-corrected chi connectivity index (χ4v) is 3.82. The highest BCUT2D eigenvalue weighted by Crippen LogP contribution is 2.40. The zero-order chi connectivity index (χ0) is 15.1. The highest BCUT2D eigenvalue weighted by Gasteiger charge is 2.29. The summed E-state index contributed by atoms with van der Waals surface area (Å²) < 4.78 is 2.35. The molecule has 21 heavy (non-hydrogen) atoms. The lowest BCUT2D eigenvalue weighted by atomic mass is 9.79. The van der Waals surface area contributed by atoms with Gasteiger partial charge in [0, 0.05) is 11.1 Å². The van der Waals surface area contributed by atoms with E-state index in [0.717, 1.165) is 33.7 Å². The summed E-state index contributed by atoms with van der Waals surface area (Å²) in [6.45, 7) is 6.71. The number of alkyl halides is 1. The Morgan fingerprint density at radius 3 is 2.67 bits per heavy atom. The molecule has 0 bridgehead atoms. The molecule has 4 unspecified atom stereocenters. The Morgan fingerprint density at radius 2 is 2.00 bits per heavy atom. The third-order valence-corrected chi connectivity index (χ3v) is 5.40. The van der Waals surface area contributed by atoms with Gasteiger partial charge in [-0.25, -0.2) is 4.98 Å². The van der Waals surface area contributed by atoms with E-state index in [1.165, 1.54) is 19.3 Å². The second-order valence-corrected chi connectivity index (χ2v) is 7.60. The molecule has 0 spiro atoms. The van der Waals surface area contributed by atoms with Gasteiger partial charge in [0.15, 0.2) is 0 Å². The van der Waals surface area contributed by atoms with Crippen molar-refractivity contribution < 1.29 is 0 Å². The molecule has 1 aliphatic carbocycles. The van der Waals surface area contributed by atoms with Crippen LogP contribution in [0.2, 0.25) is 5.02 Å². The molecule has 0 amide bonds. The summed E-state index contributed by atoms with van der Waals surface area (Å²) in [5.74, 6) is 2.51. The molecule has 1 fully saturated rings. The Balaban J connectivity index is 2.10. The molecule has 0 aliphatic heterocycles. The monoisotopic (exact) mass is 324 g/mol. The van der Waals surface area contributed by atoms with Crippen molar-refractivity contribution in [2.24, 2.45) is 11.8 Å². The van der Waals surface area contributed by atoms with Gasteiger partial charge in [0.2, 0.25) is 0 Å². The first kappa shape index (κ1) is 15.2. The van der Waals surface area contributed by atoms with E-state index in [1.807, 2.05) is 25.1 Å². The van der Waals surface area contributed by atoms with Gasteiger partial charge < -0.3 is 4.57 Å². The van der Waals surface area contributed by atoms with Crippen LogP contribution in [0.15, 0.2) is 18.2 Å². The second-order valence-electron chi connectivity index (χ2n) is 6.51. The Labute approximate surface area is 136 Å². The van der Waals surface area contributed by atoms with Crippen LogP contribution in [0.4, 0.5) is 0 Å². The van der Waals surface area contributed by atoms with Crippen LogP contribution in [0.5, 0.6) is 0 Å². The normalized spacial score (nSPS) is 28.0. The van der Waals surface area contributed by atoms with Crippen molar-refractivity contribution in [2.45, 2.75) is 51.5 Å². The third-order valence-electron chi connectivity index (χ3n) is 4.97. The van der Waals surface area contributed by atoms with Crippen LogP contribution in [0.25, 0.3) is 11.0 Å². The number of benzene rings is 1. The number of imidazole rings is 1. The van der Waals surface area contributed by atoms with Gasteiger partial charge in [-0.15, -0.1) is 11.6 Å². The smallest absolute Gasteiger partial charge is 0.127 e. The van der Waals surface area contributed by atoms with Crippen molar-refractivity contribution in [1.29, 1.82) is 0 Å². The van der Waals surface area contributed by atoms with Gasteiger partial charge in [0.05, 0.1) is 16.4 Å². The Kier molecular flexibility index (Phi) is 4.20. The summed E-state index contributed by atoms with van der Waals surface area (Å²) in [5, 5.41) is 0.667. The number of rotatable bonds is 2. The molecular formula is C17H22Cl2N2. The van der Waals surface area contributed by atoms with Crippen molar-refractivity contribution >= 4 is 34.2 Å². The standard InChI is InChI=1S/C17H22Cl2N2/c1-10-4-6-14(8-11(10)2)21-16-9-13(19)5-7-15(16)20-17(21)12(3)18/h5,7,9-12,14H,4,6,8H2,1-3H3. The molecule has 114 valence electrons. The molecule has 1 heterocycles. The highest BCUT2D eigenvalue weighted by molar-refractivity contribution is 6.31. The number of halogens is 2. The zero-order valence-electron chi connectivity index (χ0n) is 12.8. The zero-order valence-corrected chi connectivity index (χ0v) is 14.3. The van der Waals surface area contributed by atoms with E-state index in [0.29, 0.717) is 6.04 Å². The molecule has 3 rings (SSSR count). The molecular weight excluding hydrogens is 303 g/mol. The fraction of sp³-hybridized carbons (Fsp3) is 0.588. The maximum Gasteiger partial charge on any atom is 0.127 e. The summed E-state index contributed by atoms with van der Waals surface area (Å²) in [7, 11) is 0. The quantitative estimate of drug-likeness (QED) is 0.620. The van der Waals surface area contributed by atoms with E-state index in [1.54, 1.807) is 0 Å². The fourth-order valence-electron chi connectivity index (χ4n) is 3.50. The first-order valence-corrected chi connectivity index (χ1v) is 8.60. The Bertz CT molecular complexity index is 648. The van der Waals surface area contributed by atoms with Crippen LogP contribution in [-0.4, -0.2) is 9.55 Å². The van der Waals surface area contributed by atoms with E-state index in [4.69, 9.17) is 28.2 Å². The molecule has 4 atom stereocenters. The van der Waals surface area contributed by atoms with Crippen molar-refractivity contribution in [2.75, 3.05) is 0 Å². The topological polar surface area (TPSA) is 17.8 Å². The summed E-state index contributed by atoms with van der Waals surface area (Å²) >= 11 is 12.6. The predicted octanol–water partition coefficient (Wildman–Crippen LogP) is 5.99. The van der Waals surface area contributed by atoms with Crippen molar-refractivity contribution in [1.82, 2.24) is 9.55 Å². The predicted molar refractivity (Wildman–Crippen MR) is 90.2 cm³/mol. The molecule has 1 aromatic heterocycles. The lowest BCUT2D eigenvalue weighted by Gasteiger charge is -2.34. The molecule has 0 radical (unpaired) electrons. The average Bonchev–Trinajstić information content (AvgIpc) is 2.80. The summed E-state index contributed by atoms with van der Waals surface area (Å²) in [6.07, 6.45) is 3.65. The number of nitrogens with zero attached hydrogens (tertiary/aromatic N) is 2. The van der Waals surface area contributed by atoms with Gasteiger partial charge in [-0.05, 0) is 56.2 Å². The van der Waals surface area contributed by atoms with E-state index >= 15 is 0 Å². The SMILES string of the molecule is CC(Cl)c1nc2ccc(Cl)cc2n1C1CCC(C)C(C)C1. The lowest BCUT2D eigenvalue weighted by Crippen LogP contribution is -2.24. The van der Waals surface area contributed by atoms with Crippen LogP contribution in [0.3, 0.4) is 0 Å². The molecule has 2 nitrogen and oxygen atoms in total. The van der Waals surface area contributed by atoms with Gasteiger partial charge in [-0.1, -0.05) is 25.4 Å². The lowest BCUT2D eigenvalue weighted by molar-refractivity contribution is 0.211. The van der Waals surface area contributed by atoms with E-state index in [-0.39, 0.29) is 5.38 Å². The van der Waals surface area contributed by atoms with Crippen LogP contribution < -0.4 is 0 Å². The Hall–Kier alpha value is -0.730. The van der Waals surface area contributed by atoms with Crippen molar-refractivity contribution in [3.05, 3.63) is 29.0 Å². The third kappa shape index (κ3) is 2.80. The van der Waals surface area contributed by atoms with Gasteiger partial charge in [0.25, 0.3) is 0 Å². The van der Waals surface area contributed by atoms with Crippen LogP contribution >= 0.6 is 23.2 Å². The molecule has 0 N–H and O–H groups in total. The minimum absolute atomic E-state index is 0.0918. The van der Waals surface area contributed by atoms with Crippen molar-refractivity contribution in [3.8, 4) is 0 Å². The molecule has 1 saturated carbocycles. The van der Waals surface area contributed by atoms with E-state index in [9.17, 15) is 0 Å². The Morgan fingerprint density at radius 1 is 1.24 bits per heavy atom. The minimum atomic E-state index is -0.0918. The summed E-state index contributed by atoms with van der Waals surface area (Å²) in [6, 6.07) is 6.40. The van der Waals surface area contributed by atoms with Crippen molar-refractivity contribution in [3.63, 3.8) is 0 Å². The maximum atomic E-state index is 6.39. The van der Waals surface area contributed by atoms with Gasteiger partial charge in [-0.2, -0.15) is 0 Å². The first-order chi connectivity index (χ1) is 9.97. The summed E-state index contributed by atoms with van der Waals surface area (Å²) in [5.41, 5.74) is 2.12. The second kappa shape index (κ2) is 5.81. The van der Waals surface area contributed by atoms with Crippen LogP contribution in [-0.2, 0) is 0 Å². The highest BCUT2D eigenvalue weighted by atomic mass is 35.5. The molecule has 2 aromatic rings. The largest absolute Gasteiger partial charge is 0.324 e.